The zero-order valence-corrected chi connectivity index (χ0v) is 24.1. The molecular weight excluding hydrogens is 462 g/mol. The fourth-order valence-electron chi connectivity index (χ4n) is 12.8. The Bertz CT molecular complexity index is 1030. The van der Waals surface area contributed by atoms with Gasteiger partial charge in [0.2, 0.25) is 0 Å². The van der Waals surface area contributed by atoms with E-state index in [2.05, 4.69) is 39.5 Å². The molecule has 0 aromatic rings. The number of carbonyl (C=O) groups is 2. The van der Waals surface area contributed by atoms with Gasteiger partial charge in [-0.3, -0.25) is 14.5 Å². The van der Waals surface area contributed by atoms with Gasteiger partial charge in [0.25, 0.3) is 0 Å². The van der Waals surface area contributed by atoms with E-state index in [4.69, 9.17) is 9.47 Å². The van der Waals surface area contributed by atoms with E-state index in [1.165, 1.54) is 64.8 Å². The molecule has 0 aromatic carbocycles. The molecule has 0 aromatic heterocycles. The van der Waals surface area contributed by atoms with Crippen LogP contribution in [0.5, 0.6) is 0 Å². The molecule has 37 heavy (non-hydrogen) atoms. The van der Waals surface area contributed by atoms with Gasteiger partial charge >= 0.3 is 11.9 Å². The number of rotatable bonds is 5. The van der Waals surface area contributed by atoms with Crippen LogP contribution < -0.4 is 0 Å². The van der Waals surface area contributed by atoms with Crippen LogP contribution in [0.3, 0.4) is 0 Å². The summed E-state index contributed by atoms with van der Waals surface area (Å²) in [6.45, 7) is 14.7. The van der Waals surface area contributed by atoms with Crippen molar-refractivity contribution in [3.63, 3.8) is 0 Å². The first kappa shape index (κ1) is 24.9. The molecule has 7 aliphatic rings. The first-order valence-corrected chi connectivity index (χ1v) is 15.6. The molecule has 1 unspecified atom stereocenters. The topological polar surface area (TPSA) is 55.8 Å². The average Bonchev–Trinajstić information content (AvgIpc) is 3.35. The van der Waals surface area contributed by atoms with E-state index in [0.29, 0.717) is 28.3 Å². The van der Waals surface area contributed by atoms with Gasteiger partial charge < -0.3 is 9.47 Å². The monoisotopic (exact) mass is 511 g/mol. The maximum absolute atomic E-state index is 13.5. The van der Waals surface area contributed by atoms with Gasteiger partial charge in [-0.15, -0.1) is 0 Å². The Hall–Kier alpha value is -1.10. The summed E-state index contributed by atoms with van der Waals surface area (Å²) in [6.07, 6.45) is 13.1. The zero-order chi connectivity index (χ0) is 26.2. The Balaban J connectivity index is 1.31. The Morgan fingerprint density at radius 2 is 1.86 bits per heavy atom. The fourth-order valence-corrected chi connectivity index (χ4v) is 12.8. The summed E-state index contributed by atoms with van der Waals surface area (Å²) < 4.78 is 12.0. The van der Waals surface area contributed by atoms with Crippen LogP contribution in [0, 0.1) is 45.8 Å². The van der Waals surface area contributed by atoms with Crippen molar-refractivity contribution in [2.45, 2.75) is 135 Å². The van der Waals surface area contributed by atoms with Crippen LogP contribution in [-0.2, 0) is 19.1 Å². The Labute approximate surface area is 223 Å². The van der Waals surface area contributed by atoms with Crippen molar-refractivity contribution in [3.05, 3.63) is 0 Å². The van der Waals surface area contributed by atoms with E-state index in [9.17, 15) is 9.59 Å². The number of nitrogens with zero attached hydrogens (tertiary/aromatic N) is 1. The van der Waals surface area contributed by atoms with E-state index < -0.39 is 11.0 Å². The maximum Gasteiger partial charge on any atom is 0.316 e. The fraction of sp³-hybridized carbons (Fsp3) is 0.938. The Morgan fingerprint density at radius 3 is 2.59 bits per heavy atom. The van der Waals surface area contributed by atoms with Crippen molar-refractivity contribution in [1.82, 2.24) is 4.90 Å². The summed E-state index contributed by atoms with van der Waals surface area (Å²) in [5.74, 6) is 2.78. The van der Waals surface area contributed by atoms with Gasteiger partial charge in [-0.1, -0.05) is 27.2 Å². The zero-order valence-electron chi connectivity index (χ0n) is 24.1. The number of esters is 2. The van der Waals surface area contributed by atoms with Crippen LogP contribution in [0.4, 0.5) is 0 Å². The second kappa shape index (κ2) is 7.55. The quantitative estimate of drug-likeness (QED) is 0.415. The van der Waals surface area contributed by atoms with Gasteiger partial charge in [0.15, 0.2) is 0 Å². The summed E-state index contributed by atoms with van der Waals surface area (Å²) in [5, 5.41) is 0. The minimum absolute atomic E-state index is 0.104. The number of fused-ring (bicyclic) bond motifs is 4. The molecule has 0 N–H and O–H groups in total. The highest BCUT2D eigenvalue weighted by atomic mass is 16.6. The summed E-state index contributed by atoms with van der Waals surface area (Å²) in [6, 6.07) is 0.691. The van der Waals surface area contributed by atoms with Crippen molar-refractivity contribution in [1.29, 1.82) is 0 Å². The second-order valence-corrected chi connectivity index (χ2v) is 15.5. The van der Waals surface area contributed by atoms with Crippen LogP contribution in [0.15, 0.2) is 0 Å². The number of carbonyl (C=O) groups excluding carboxylic acids is 2. The molecule has 4 heterocycles. The van der Waals surface area contributed by atoms with Crippen LogP contribution in [-0.4, -0.2) is 46.7 Å². The molecule has 12 atom stereocenters. The molecule has 3 aliphatic carbocycles. The van der Waals surface area contributed by atoms with Crippen LogP contribution in [0.25, 0.3) is 0 Å². The Kier molecular flexibility index (Phi) is 5.08. The third kappa shape index (κ3) is 2.72. The first-order chi connectivity index (χ1) is 17.4. The lowest BCUT2D eigenvalue weighted by molar-refractivity contribution is -0.187. The van der Waals surface area contributed by atoms with Crippen molar-refractivity contribution in [2.75, 3.05) is 6.54 Å². The van der Waals surface area contributed by atoms with Crippen molar-refractivity contribution in [2.24, 2.45) is 45.8 Å². The Morgan fingerprint density at radius 1 is 1.08 bits per heavy atom. The molecule has 1 spiro atoms. The van der Waals surface area contributed by atoms with Crippen molar-refractivity contribution >= 4 is 11.9 Å². The minimum atomic E-state index is -0.734. The van der Waals surface area contributed by atoms with Crippen molar-refractivity contribution in [3.8, 4) is 0 Å². The van der Waals surface area contributed by atoms with E-state index in [-0.39, 0.29) is 24.0 Å². The third-order valence-electron chi connectivity index (χ3n) is 14.3. The van der Waals surface area contributed by atoms with Crippen LogP contribution in [0.1, 0.15) is 112 Å². The number of piperidine rings is 2. The van der Waals surface area contributed by atoms with Crippen LogP contribution >= 0.6 is 0 Å². The highest BCUT2D eigenvalue weighted by molar-refractivity contribution is 5.82. The lowest BCUT2D eigenvalue weighted by Gasteiger charge is -2.67. The van der Waals surface area contributed by atoms with Gasteiger partial charge in [-0.25, -0.2) is 0 Å². The molecule has 0 amide bonds. The van der Waals surface area contributed by atoms with E-state index in [1.807, 2.05) is 0 Å². The van der Waals surface area contributed by atoms with Crippen molar-refractivity contribution < 1.29 is 19.1 Å². The summed E-state index contributed by atoms with van der Waals surface area (Å²) in [4.78, 5) is 28.6. The highest BCUT2D eigenvalue weighted by Crippen LogP contribution is 2.79. The molecular formula is C32H49NO4. The number of hydrogen-bond acceptors (Lipinski definition) is 5. The molecule has 5 heteroatoms. The van der Waals surface area contributed by atoms with E-state index >= 15 is 0 Å². The van der Waals surface area contributed by atoms with Gasteiger partial charge in [0.05, 0.1) is 0 Å². The average molecular weight is 512 g/mol. The number of hydrogen-bond donors (Lipinski definition) is 0. The molecule has 7 bridgehead atoms. The first-order valence-electron chi connectivity index (χ1n) is 15.6. The lowest BCUT2D eigenvalue weighted by Crippen LogP contribution is -2.68. The standard InChI is InChI=1S/C32H49NO4/c1-19(2)22-10-14-28(4)21-9-16-31-13-7-8-24(31)32(28,26(22)33(31)18-21)17-11-23-29(5)15-12-25(36-20(3)34)30(23,6)27(35)37-29/h19,21-26H,7-18H2,1-6H3/t21-,22-,23+,24-,25+,26+,28+,29+,30+,31-,32+/m1/s1. The summed E-state index contributed by atoms with van der Waals surface area (Å²) in [7, 11) is 0. The smallest absolute Gasteiger partial charge is 0.316 e. The van der Waals surface area contributed by atoms with E-state index in [1.54, 1.807) is 0 Å². The third-order valence-corrected chi connectivity index (χ3v) is 14.3. The minimum Gasteiger partial charge on any atom is -0.461 e. The molecule has 4 saturated heterocycles. The van der Waals surface area contributed by atoms with Gasteiger partial charge in [0.1, 0.15) is 17.1 Å². The van der Waals surface area contributed by atoms with Gasteiger partial charge in [0, 0.05) is 31.0 Å². The van der Waals surface area contributed by atoms with Gasteiger partial charge in [-0.2, -0.15) is 0 Å². The predicted octanol–water partition coefficient (Wildman–Crippen LogP) is 6.14. The molecule has 0 radical (unpaired) electrons. The number of ether oxygens (including phenoxy) is 2. The van der Waals surface area contributed by atoms with Gasteiger partial charge in [-0.05, 0) is 113 Å². The van der Waals surface area contributed by atoms with E-state index in [0.717, 1.165) is 37.0 Å². The highest BCUT2D eigenvalue weighted by Gasteiger charge is 2.80. The van der Waals surface area contributed by atoms with Crippen LogP contribution in [0.2, 0.25) is 0 Å². The molecule has 4 aliphatic heterocycles. The maximum atomic E-state index is 13.5. The summed E-state index contributed by atoms with van der Waals surface area (Å²) >= 11 is 0. The molecule has 7 fully saturated rings. The molecule has 3 saturated carbocycles. The largest absolute Gasteiger partial charge is 0.461 e. The SMILES string of the molecule is CC(=O)O[C@H]1CC[C@]2(C)OC(=O)[C@@]1(C)[C@H]2CC[C@]12[C@@H]3[C@@H](C(C)C)CC[C@@]1(C)[C@@H]1CC[C@@]4(CCC[C@H]42)N3C1. The summed E-state index contributed by atoms with van der Waals surface area (Å²) in [5.41, 5.74) is -0.0154. The molecule has 5 nitrogen and oxygen atoms in total. The second-order valence-electron chi connectivity index (χ2n) is 15.5. The molecule has 7 rings (SSSR count). The predicted molar refractivity (Wildman–Crippen MR) is 142 cm³/mol. The normalized spacial score (nSPS) is 56.9. The lowest BCUT2D eigenvalue weighted by atomic mass is 9.41. The molecule has 206 valence electrons.